The lowest BCUT2D eigenvalue weighted by Gasteiger charge is -2.32. The Hall–Kier alpha value is 0.540. The molecule has 72 valence electrons. The van der Waals surface area contributed by atoms with Crippen LogP contribution in [0.4, 0.5) is 0 Å². The molecule has 1 aliphatic rings. The summed E-state index contributed by atoms with van der Waals surface area (Å²) in [6.45, 7) is 5.33. The van der Waals surface area contributed by atoms with Gasteiger partial charge >= 0.3 is 0 Å². The van der Waals surface area contributed by atoms with Gasteiger partial charge in [-0.1, -0.05) is 6.42 Å². The minimum atomic E-state index is -0.237. The zero-order chi connectivity index (χ0) is 9.03. The van der Waals surface area contributed by atoms with E-state index in [4.69, 9.17) is 23.2 Å². The summed E-state index contributed by atoms with van der Waals surface area (Å²) in [5.74, 6) is 0.533. The third-order valence-electron chi connectivity index (χ3n) is 2.28. The smallest absolute Gasteiger partial charge is 0.0680 e. The molecule has 0 aromatic carbocycles. The molecular weight excluding hydrogens is 193 g/mol. The van der Waals surface area contributed by atoms with E-state index in [-0.39, 0.29) is 4.87 Å². The second kappa shape index (κ2) is 4.69. The molecular formula is C9H17Cl2N. The SMILES string of the molecule is CC(Cl)(CCl)CN1CCCCC1. The van der Waals surface area contributed by atoms with Gasteiger partial charge < -0.3 is 4.90 Å². The molecule has 3 heteroatoms. The molecule has 12 heavy (non-hydrogen) atoms. The molecule has 1 heterocycles. The first-order valence-electron chi connectivity index (χ1n) is 4.61. The molecule has 1 fully saturated rings. The predicted octanol–water partition coefficient (Wildman–Crippen LogP) is 2.71. The lowest BCUT2D eigenvalue weighted by atomic mass is 10.1. The van der Waals surface area contributed by atoms with Crippen molar-refractivity contribution in [2.45, 2.75) is 31.1 Å². The van der Waals surface area contributed by atoms with Crippen molar-refractivity contribution in [3.05, 3.63) is 0 Å². The Kier molecular flexibility index (Phi) is 4.15. The average Bonchev–Trinajstić information content (AvgIpc) is 2.06. The number of hydrogen-bond acceptors (Lipinski definition) is 1. The Morgan fingerprint density at radius 1 is 1.25 bits per heavy atom. The largest absolute Gasteiger partial charge is 0.302 e. The third-order valence-corrected chi connectivity index (χ3v) is 3.26. The fourth-order valence-corrected chi connectivity index (χ4v) is 1.88. The van der Waals surface area contributed by atoms with Gasteiger partial charge in [0.15, 0.2) is 0 Å². The fourth-order valence-electron chi connectivity index (χ4n) is 1.63. The summed E-state index contributed by atoms with van der Waals surface area (Å²) < 4.78 is 0. The van der Waals surface area contributed by atoms with Gasteiger partial charge in [0, 0.05) is 12.4 Å². The first-order valence-corrected chi connectivity index (χ1v) is 5.52. The molecule has 1 unspecified atom stereocenters. The van der Waals surface area contributed by atoms with Crippen LogP contribution in [0.5, 0.6) is 0 Å². The van der Waals surface area contributed by atoms with Gasteiger partial charge in [-0.25, -0.2) is 0 Å². The molecule has 1 atom stereocenters. The zero-order valence-corrected chi connectivity index (χ0v) is 9.16. The van der Waals surface area contributed by atoms with Crippen LogP contribution in [0.2, 0.25) is 0 Å². The fraction of sp³-hybridized carbons (Fsp3) is 1.00. The van der Waals surface area contributed by atoms with E-state index in [9.17, 15) is 0 Å². The number of rotatable bonds is 3. The molecule has 0 aromatic heterocycles. The Morgan fingerprint density at radius 3 is 2.33 bits per heavy atom. The van der Waals surface area contributed by atoms with Crippen LogP contribution in [0.1, 0.15) is 26.2 Å². The van der Waals surface area contributed by atoms with Crippen LogP contribution in [-0.4, -0.2) is 35.3 Å². The van der Waals surface area contributed by atoms with Crippen molar-refractivity contribution in [1.29, 1.82) is 0 Å². The van der Waals surface area contributed by atoms with Gasteiger partial charge in [-0.2, -0.15) is 0 Å². The molecule has 0 amide bonds. The summed E-state index contributed by atoms with van der Waals surface area (Å²) in [6.07, 6.45) is 4.00. The van der Waals surface area contributed by atoms with Crippen LogP contribution in [0, 0.1) is 0 Å². The van der Waals surface area contributed by atoms with E-state index in [0.29, 0.717) is 5.88 Å². The zero-order valence-electron chi connectivity index (χ0n) is 7.65. The van der Waals surface area contributed by atoms with E-state index in [1.807, 2.05) is 6.92 Å². The van der Waals surface area contributed by atoms with Crippen molar-refractivity contribution in [2.24, 2.45) is 0 Å². The Bertz CT molecular complexity index is 130. The maximum atomic E-state index is 6.18. The lowest BCUT2D eigenvalue weighted by Crippen LogP contribution is -2.41. The second-order valence-corrected chi connectivity index (χ2v) is 5.06. The van der Waals surface area contributed by atoms with Gasteiger partial charge in [-0.3, -0.25) is 0 Å². The molecule has 0 N–H and O–H groups in total. The minimum Gasteiger partial charge on any atom is -0.302 e. The molecule has 0 aromatic rings. The number of halogens is 2. The molecule has 1 rings (SSSR count). The molecule has 0 saturated carbocycles. The van der Waals surface area contributed by atoms with E-state index in [0.717, 1.165) is 6.54 Å². The normalized spacial score (nSPS) is 25.2. The number of hydrogen-bond donors (Lipinski definition) is 0. The van der Waals surface area contributed by atoms with Crippen molar-refractivity contribution >= 4 is 23.2 Å². The van der Waals surface area contributed by atoms with Crippen molar-refractivity contribution in [1.82, 2.24) is 4.90 Å². The summed E-state index contributed by atoms with van der Waals surface area (Å²) >= 11 is 11.9. The van der Waals surface area contributed by atoms with Crippen LogP contribution < -0.4 is 0 Å². The highest BCUT2D eigenvalue weighted by atomic mass is 35.5. The maximum absolute atomic E-state index is 6.18. The number of piperidine rings is 1. The highest BCUT2D eigenvalue weighted by Crippen LogP contribution is 2.20. The molecule has 0 bridgehead atoms. The number of alkyl halides is 2. The minimum absolute atomic E-state index is 0.237. The van der Waals surface area contributed by atoms with E-state index < -0.39 is 0 Å². The van der Waals surface area contributed by atoms with E-state index in [1.165, 1.54) is 32.4 Å². The third kappa shape index (κ3) is 3.51. The topological polar surface area (TPSA) is 3.24 Å². The van der Waals surface area contributed by atoms with Gasteiger partial charge in [0.05, 0.1) is 4.87 Å². The van der Waals surface area contributed by atoms with Gasteiger partial charge in [0.2, 0.25) is 0 Å². The van der Waals surface area contributed by atoms with Crippen molar-refractivity contribution in [3.8, 4) is 0 Å². The van der Waals surface area contributed by atoms with Gasteiger partial charge in [-0.15, -0.1) is 23.2 Å². The van der Waals surface area contributed by atoms with Crippen LogP contribution in [0.3, 0.4) is 0 Å². The first kappa shape index (κ1) is 10.6. The number of likely N-dealkylation sites (tertiary alicyclic amines) is 1. The number of nitrogens with zero attached hydrogens (tertiary/aromatic N) is 1. The predicted molar refractivity (Wildman–Crippen MR) is 55.3 cm³/mol. The summed E-state index contributed by atoms with van der Waals surface area (Å²) in [5.41, 5.74) is 0. The van der Waals surface area contributed by atoms with Crippen molar-refractivity contribution < 1.29 is 0 Å². The second-order valence-electron chi connectivity index (χ2n) is 3.88. The molecule has 0 spiro atoms. The average molecular weight is 210 g/mol. The van der Waals surface area contributed by atoms with E-state index >= 15 is 0 Å². The lowest BCUT2D eigenvalue weighted by molar-refractivity contribution is 0.214. The molecule has 1 nitrogen and oxygen atoms in total. The van der Waals surface area contributed by atoms with Gasteiger partial charge in [0.25, 0.3) is 0 Å². The highest BCUT2D eigenvalue weighted by molar-refractivity contribution is 6.30. The maximum Gasteiger partial charge on any atom is 0.0680 e. The Labute approximate surface area is 85.0 Å². The van der Waals surface area contributed by atoms with Crippen LogP contribution in [-0.2, 0) is 0 Å². The summed E-state index contributed by atoms with van der Waals surface area (Å²) in [6, 6.07) is 0. The van der Waals surface area contributed by atoms with Crippen LogP contribution in [0.25, 0.3) is 0 Å². The van der Waals surface area contributed by atoms with Crippen molar-refractivity contribution in [2.75, 3.05) is 25.5 Å². The van der Waals surface area contributed by atoms with Crippen molar-refractivity contribution in [3.63, 3.8) is 0 Å². The standard InChI is InChI=1S/C9H17Cl2N/c1-9(11,7-10)8-12-5-3-2-4-6-12/h2-8H2,1H3. The summed E-state index contributed by atoms with van der Waals surface area (Å²) in [5, 5.41) is 0. The molecule has 0 radical (unpaired) electrons. The quantitative estimate of drug-likeness (QED) is 0.647. The molecule has 1 aliphatic heterocycles. The summed E-state index contributed by atoms with van der Waals surface area (Å²) in [4.78, 5) is 2.18. The van der Waals surface area contributed by atoms with Crippen LogP contribution >= 0.6 is 23.2 Å². The molecule has 1 saturated heterocycles. The monoisotopic (exact) mass is 209 g/mol. The van der Waals surface area contributed by atoms with Crippen LogP contribution in [0.15, 0.2) is 0 Å². The van der Waals surface area contributed by atoms with Gasteiger partial charge in [-0.05, 0) is 32.9 Å². The van der Waals surface area contributed by atoms with E-state index in [1.54, 1.807) is 0 Å². The highest BCUT2D eigenvalue weighted by Gasteiger charge is 2.23. The van der Waals surface area contributed by atoms with Gasteiger partial charge in [0.1, 0.15) is 0 Å². The Balaban J connectivity index is 2.28. The summed E-state index contributed by atoms with van der Waals surface area (Å²) in [7, 11) is 0. The van der Waals surface area contributed by atoms with E-state index in [2.05, 4.69) is 4.90 Å². The molecule has 0 aliphatic carbocycles. The Morgan fingerprint density at radius 2 is 1.83 bits per heavy atom. The first-order chi connectivity index (χ1) is 5.64.